The number of rotatable bonds is 2. The Kier molecular flexibility index (Phi) is 3.19. The van der Waals surface area contributed by atoms with Crippen LogP contribution in [0.4, 0.5) is 0 Å². The largest absolute Gasteiger partial charge is 0.493 e. The molecular weight excluding hydrogens is 202 g/mol. The van der Waals surface area contributed by atoms with Crippen molar-refractivity contribution in [3.05, 3.63) is 11.8 Å². The second-order valence-electron chi connectivity index (χ2n) is 4.98. The fourth-order valence-corrected chi connectivity index (χ4v) is 2.40. The van der Waals surface area contributed by atoms with E-state index >= 15 is 0 Å². The van der Waals surface area contributed by atoms with Crippen LogP contribution < -0.4 is 0 Å². The van der Waals surface area contributed by atoms with Crippen LogP contribution in [0.1, 0.15) is 38.3 Å². The van der Waals surface area contributed by atoms with E-state index in [4.69, 9.17) is 0 Å². The van der Waals surface area contributed by atoms with Gasteiger partial charge in [0.25, 0.3) is 0 Å². The Morgan fingerprint density at radius 2 is 2.25 bits per heavy atom. The molecule has 0 aromatic carbocycles. The Morgan fingerprint density at radius 1 is 1.50 bits per heavy atom. The summed E-state index contributed by atoms with van der Waals surface area (Å²) in [6.45, 7) is 6.72. The minimum atomic E-state index is 0.261. The number of aromatic nitrogens is 2. The maximum atomic E-state index is 9.53. The molecule has 1 N–H and O–H groups in total. The van der Waals surface area contributed by atoms with Crippen LogP contribution >= 0.6 is 0 Å². The second-order valence-corrected chi connectivity index (χ2v) is 4.98. The normalized spacial score (nSPS) is 22.9. The Labute approximate surface area is 96.9 Å². The summed E-state index contributed by atoms with van der Waals surface area (Å²) in [5, 5.41) is 13.9. The molecule has 1 aromatic heterocycles. The maximum absolute atomic E-state index is 9.53. The van der Waals surface area contributed by atoms with E-state index in [-0.39, 0.29) is 5.88 Å². The predicted molar refractivity (Wildman–Crippen MR) is 63.6 cm³/mol. The van der Waals surface area contributed by atoms with Gasteiger partial charge in [0.2, 0.25) is 5.88 Å². The van der Waals surface area contributed by atoms with Crippen LogP contribution in [0.3, 0.4) is 0 Å². The van der Waals surface area contributed by atoms with Crippen LogP contribution in [-0.2, 0) is 7.05 Å². The van der Waals surface area contributed by atoms with Gasteiger partial charge in [-0.1, -0.05) is 0 Å². The number of piperidine rings is 1. The fraction of sp³-hybridized carbons (Fsp3) is 0.750. The molecule has 1 atom stereocenters. The van der Waals surface area contributed by atoms with Gasteiger partial charge in [-0.15, -0.1) is 0 Å². The lowest BCUT2D eigenvalue weighted by Crippen LogP contribution is -2.39. The molecule has 1 fully saturated rings. The minimum Gasteiger partial charge on any atom is -0.493 e. The van der Waals surface area contributed by atoms with E-state index in [1.165, 1.54) is 19.4 Å². The molecule has 16 heavy (non-hydrogen) atoms. The topological polar surface area (TPSA) is 41.3 Å². The van der Waals surface area contributed by atoms with Crippen molar-refractivity contribution in [3.63, 3.8) is 0 Å². The third kappa shape index (κ3) is 2.21. The molecule has 0 aliphatic carbocycles. The Morgan fingerprint density at radius 3 is 2.81 bits per heavy atom. The van der Waals surface area contributed by atoms with Crippen molar-refractivity contribution in [2.75, 3.05) is 13.1 Å². The quantitative estimate of drug-likeness (QED) is 0.830. The van der Waals surface area contributed by atoms with Crippen molar-refractivity contribution < 1.29 is 5.11 Å². The van der Waals surface area contributed by atoms with Gasteiger partial charge in [-0.25, -0.2) is 4.68 Å². The highest BCUT2D eigenvalue weighted by Crippen LogP contribution is 2.28. The number of hydrogen-bond donors (Lipinski definition) is 1. The van der Waals surface area contributed by atoms with Gasteiger partial charge in [0.05, 0.1) is 5.69 Å². The monoisotopic (exact) mass is 223 g/mol. The van der Waals surface area contributed by atoms with Crippen LogP contribution in [0.25, 0.3) is 0 Å². The van der Waals surface area contributed by atoms with Gasteiger partial charge in [0.1, 0.15) is 0 Å². The van der Waals surface area contributed by atoms with E-state index in [9.17, 15) is 5.11 Å². The highest BCUT2D eigenvalue weighted by Gasteiger charge is 2.25. The van der Waals surface area contributed by atoms with E-state index in [2.05, 4.69) is 23.8 Å². The molecule has 2 heterocycles. The van der Waals surface area contributed by atoms with Crippen molar-refractivity contribution in [1.82, 2.24) is 14.7 Å². The van der Waals surface area contributed by atoms with E-state index in [1.54, 1.807) is 17.8 Å². The first-order valence-electron chi connectivity index (χ1n) is 6.05. The van der Waals surface area contributed by atoms with Crippen molar-refractivity contribution >= 4 is 0 Å². The standard InChI is InChI=1S/C12H21N3O/c1-9(2)15-6-4-5-10(8-15)11-7-12(16)14(3)13-11/h7,9-10,16H,4-6,8H2,1-3H3. The first kappa shape index (κ1) is 11.5. The zero-order chi connectivity index (χ0) is 11.7. The molecule has 0 amide bonds. The van der Waals surface area contributed by atoms with Crippen molar-refractivity contribution in [1.29, 1.82) is 0 Å². The molecule has 0 bridgehead atoms. The van der Waals surface area contributed by atoms with E-state index in [0.717, 1.165) is 12.2 Å². The van der Waals surface area contributed by atoms with E-state index in [1.807, 2.05) is 0 Å². The van der Waals surface area contributed by atoms with Gasteiger partial charge >= 0.3 is 0 Å². The zero-order valence-corrected chi connectivity index (χ0v) is 10.3. The molecule has 1 aromatic rings. The molecule has 0 radical (unpaired) electrons. The van der Waals surface area contributed by atoms with Gasteiger partial charge in [0.15, 0.2) is 0 Å². The summed E-state index contributed by atoms with van der Waals surface area (Å²) in [6.07, 6.45) is 2.40. The molecule has 4 nitrogen and oxygen atoms in total. The Balaban J connectivity index is 2.09. The fourth-order valence-electron chi connectivity index (χ4n) is 2.40. The zero-order valence-electron chi connectivity index (χ0n) is 10.3. The molecule has 1 saturated heterocycles. The number of nitrogens with zero attached hydrogens (tertiary/aromatic N) is 3. The van der Waals surface area contributed by atoms with Gasteiger partial charge in [-0.3, -0.25) is 0 Å². The molecule has 1 unspecified atom stereocenters. The number of aryl methyl sites for hydroxylation is 1. The van der Waals surface area contributed by atoms with Gasteiger partial charge in [-0.2, -0.15) is 5.10 Å². The van der Waals surface area contributed by atoms with E-state index < -0.39 is 0 Å². The summed E-state index contributed by atoms with van der Waals surface area (Å²) in [7, 11) is 1.78. The van der Waals surface area contributed by atoms with E-state index in [0.29, 0.717) is 12.0 Å². The van der Waals surface area contributed by atoms with Crippen molar-refractivity contribution in [3.8, 4) is 5.88 Å². The third-order valence-electron chi connectivity index (χ3n) is 3.48. The van der Waals surface area contributed by atoms with Crippen LogP contribution in [0.2, 0.25) is 0 Å². The van der Waals surface area contributed by atoms with Crippen LogP contribution in [0.5, 0.6) is 5.88 Å². The van der Waals surface area contributed by atoms with Crippen LogP contribution in [0.15, 0.2) is 6.07 Å². The lowest BCUT2D eigenvalue weighted by molar-refractivity contribution is 0.166. The highest BCUT2D eigenvalue weighted by molar-refractivity contribution is 5.18. The number of hydrogen-bond acceptors (Lipinski definition) is 3. The molecule has 0 saturated carbocycles. The highest BCUT2D eigenvalue weighted by atomic mass is 16.3. The van der Waals surface area contributed by atoms with Crippen LogP contribution in [0, 0.1) is 0 Å². The number of likely N-dealkylation sites (tertiary alicyclic amines) is 1. The van der Waals surface area contributed by atoms with Crippen molar-refractivity contribution in [2.24, 2.45) is 7.05 Å². The molecule has 1 aliphatic rings. The predicted octanol–water partition coefficient (Wildman–Crippen LogP) is 1.71. The first-order valence-corrected chi connectivity index (χ1v) is 6.05. The Bertz CT molecular complexity index is 340. The van der Waals surface area contributed by atoms with Crippen LogP contribution in [-0.4, -0.2) is 38.9 Å². The second kappa shape index (κ2) is 4.45. The molecule has 0 spiro atoms. The maximum Gasteiger partial charge on any atom is 0.209 e. The average molecular weight is 223 g/mol. The summed E-state index contributed by atoms with van der Waals surface area (Å²) in [6, 6.07) is 2.40. The number of aromatic hydroxyl groups is 1. The minimum absolute atomic E-state index is 0.261. The summed E-state index contributed by atoms with van der Waals surface area (Å²) in [5.74, 6) is 0.736. The molecule has 1 aliphatic heterocycles. The smallest absolute Gasteiger partial charge is 0.209 e. The molecule has 2 rings (SSSR count). The summed E-state index contributed by atoms with van der Waals surface area (Å²) in [5.41, 5.74) is 1.03. The SMILES string of the molecule is CC(C)N1CCCC(c2cc(O)n(C)n2)C1. The molecule has 4 heteroatoms. The first-order chi connectivity index (χ1) is 7.58. The lowest BCUT2D eigenvalue weighted by atomic mass is 9.94. The summed E-state index contributed by atoms with van der Waals surface area (Å²) < 4.78 is 1.55. The van der Waals surface area contributed by atoms with Crippen molar-refractivity contribution in [2.45, 2.75) is 38.6 Å². The van der Waals surface area contributed by atoms with Gasteiger partial charge < -0.3 is 10.0 Å². The summed E-state index contributed by atoms with van der Waals surface area (Å²) >= 11 is 0. The molecule has 90 valence electrons. The van der Waals surface area contributed by atoms with Gasteiger partial charge in [-0.05, 0) is 33.2 Å². The Hall–Kier alpha value is -1.03. The third-order valence-corrected chi connectivity index (χ3v) is 3.48. The lowest BCUT2D eigenvalue weighted by Gasteiger charge is -2.34. The molecular formula is C12H21N3O. The average Bonchev–Trinajstić information content (AvgIpc) is 2.59. The summed E-state index contributed by atoms with van der Waals surface area (Å²) in [4.78, 5) is 2.49. The van der Waals surface area contributed by atoms with Gasteiger partial charge in [0, 0.05) is 31.6 Å².